The van der Waals surface area contributed by atoms with Gasteiger partial charge in [-0.15, -0.1) is 0 Å². The van der Waals surface area contributed by atoms with Crippen LogP contribution in [0.15, 0.2) is 24.4 Å². The van der Waals surface area contributed by atoms with Crippen LogP contribution >= 0.6 is 11.7 Å². The largest absolute Gasteiger partial charge is 0.381 e. The molecule has 0 aliphatic heterocycles. The average Bonchev–Trinajstić information content (AvgIpc) is 3.23. The molecule has 26 heavy (non-hydrogen) atoms. The number of hydrazine groups is 1. The molecule has 12 heteroatoms. The van der Waals surface area contributed by atoms with Crippen LogP contribution in [0.5, 0.6) is 0 Å². The van der Waals surface area contributed by atoms with E-state index in [0.29, 0.717) is 22.4 Å². The lowest BCUT2D eigenvalue weighted by Gasteiger charge is -2.07. The maximum Gasteiger partial charge on any atom is 0.381 e. The topological polar surface area (TPSA) is 145 Å². The van der Waals surface area contributed by atoms with Gasteiger partial charge in [0.2, 0.25) is 11.7 Å². The van der Waals surface area contributed by atoms with Crippen molar-refractivity contribution < 1.29 is 14.5 Å². The van der Waals surface area contributed by atoms with Gasteiger partial charge >= 0.3 is 5.82 Å². The minimum Gasteiger partial charge on any atom is -0.358 e. The number of amides is 2. The number of hydrogen-bond donors (Lipinski definition) is 2. The SMILES string of the molecule is Cc1nc([N+](=O)[O-])cn1CCC(=O)NNC(=O)c1ccc2nsnc2c1. The lowest BCUT2D eigenvalue weighted by atomic mass is 10.2. The molecule has 0 bridgehead atoms. The number of carbonyl (C=O) groups excluding carboxylic acids is 2. The molecule has 2 heterocycles. The summed E-state index contributed by atoms with van der Waals surface area (Å²) in [5.74, 6) is -0.768. The smallest absolute Gasteiger partial charge is 0.358 e. The van der Waals surface area contributed by atoms with Crippen molar-refractivity contribution in [3.63, 3.8) is 0 Å². The number of benzene rings is 1. The van der Waals surface area contributed by atoms with Crippen molar-refractivity contribution in [2.24, 2.45) is 0 Å². The van der Waals surface area contributed by atoms with Crippen molar-refractivity contribution in [3.8, 4) is 0 Å². The second kappa shape index (κ2) is 7.23. The van der Waals surface area contributed by atoms with E-state index in [1.165, 1.54) is 10.8 Å². The van der Waals surface area contributed by atoms with Crippen LogP contribution < -0.4 is 10.9 Å². The number of carbonyl (C=O) groups is 2. The summed E-state index contributed by atoms with van der Waals surface area (Å²) in [6, 6.07) is 4.83. The van der Waals surface area contributed by atoms with Gasteiger partial charge in [0.1, 0.15) is 17.2 Å². The maximum atomic E-state index is 12.1. The van der Waals surface area contributed by atoms with E-state index in [2.05, 4.69) is 24.6 Å². The Morgan fingerprint density at radius 3 is 2.77 bits per heavy atom. The fourth-order valence-corrected chi connectivity index (χ4v) is 2.73. The Labute approximate surface area is 150 Å². The Morgan fingerprint density at radius 1 is 1.27 bits per heavy atom. The van der Waals surface area contributed by atoms with Crippen LogP contribution in [0.4, 0.5) is 5.82 Å². The Kier molecular flexibility index (Phi) is 4.84. The number of nitrogens with one attached hydrogen (secondary N) is 2. The van der Waals surface area contributed by atoms with Crippen molar-refractivity contribution >= 4 is 40.4 Å². The lowest BCUT2D eigenvalue weighted by molar-refractivity contribution is -0.389. The molecular weight excluding hydrogens is 362 g/mol. The number of hydrogen-bond acceptors (Lipinski definition) is 8. The van der Waals surface area contributed by atoms with Crippen LogP contribution in [0.3, 0.4) is 0 Å². The number of imidazole rings is 1. The second-order valence-corrected chi connectivity index (χ2v) is 5.85. The fraction of sp³-hybridized carbons (Fsp3) is 0.214. The van der Waals surface area contributed by atoms with Gasteiger partial charge in [-0.3, -0.25) is 20.4 Å². The predicted molar refractivity (Wildman–Crippen MR) is 91.3 cm³/mol. The molecule has 3 aromatic rings. The van der Waals surface area contributed by atoms with E-state index in [-0.39, 0.29) is 18.8 Å². The summed E-state index contributed by atoms with van der Waals surface area (Å²) in [6.07, 6.45) is 1.28. The van der Waals surface area contributed by atoms with E-state index in [1.807, 2.05) is 0 Å². The van der Waals surface area contributed by atoms with Crippen LogP contribution in [-0.2, 0) is 11.3 Å². The van der Waals surface area contributed by atoms with E-state index >= 15 is 0 Å². The van der Waals surface area contributed by atoms with E-state index in [4.69, 9.17) is 0 Å². The Balaban J connectivity index is 1.52. The second-order valence-electron chi connectivity index (χ2n) is 5.32. The first kappa shape index (κ1) is 17.4. The summed E-state index contributed by atoms with van der Waals surface area (Å²) in [5, 5.41) is 10.7. The molecule has 0 aliphatic carbocycles. The molecule has 2 amide bonds. The maximum absolute atomic E-state index is 12.1. The molecule has 1 aromatic carbocycles. The summed E-state index contributed by atoms with van der Waals surface area (Å²) in [7, 11) is 0. The molecule has 0 atom stereocenters. The summed E-state index contributed by atoms with van der Waals surface area (Å²) in [4.78, 5) is 37.8. The van der Waals surface area contributed by atoms with Gasteiger partial charge in [-0.2, -0.15) is 8.75 Å². The third-order valence-electron chi connectivity index (χ3n) is 3.56. The molecular formula is C14H13N7O4S. The highest BCUT2D eigenvalue weighted by Crippen LogP contribution is 2.13. The number of aromatic nitrogens is 4. The zero-order valence-corrected chi connectivity index (χ0v) is 14.3. The first-order valence-corrected chi connectivity index (χ1v) is 8.17. The third-order valence-corrected chi connectivity index (χ3v) is 4.12. The van der Waals surface area contributed by atoms with Crippen molar-refractivity contribution in [2.45, 2.75) is 19.9 Å². The monoisotopic (exact) mass is 375 g/mol. The number of nitrogens with zero attached hydrogens (tertiary/aromatic N) is 5. The summed E-state index contributed by atoms with van der Waals surface area (Å²) >= 11 is 1.05. The van der Waals surface area contributed by atoms with E-state index in [0.717, 1.165) is 11.7 Å². The van der Waals surface area contributed by atoms with Crippen molar-refractivity contribution in [1.29, 1.82) is 0 Å². The van der Waals surface area contributed by atoms with Gasteiger partial charge in [-0.25, -0.2) is 0 Å². The number of nitro groups is 1. The van der Waals surface area contributed by atoms with Crippen LogP contribution in [0.1, 0.15) is 22.6 Å². The Morgan fingerprint density at radius 2 is 2.04 bits per heavy atom. The lowest BCUT2D eigenvalue weighted by Crippen LogP contribution is -2.41. The molecule has 11 nitrogen and oxygen atoms in total. The first-order valence-electron chi connectivity index (χ1n) is 7.43. The Bertz CT molecular complexity index is 996. The zero-order valence-electron chi connectivity index (χ0n) is 13.5. The van der Waals surface area contributed by atoms with Gasteiger partial charge in [0.15, 0.2) is 0 Å². The van der Waals surface area contributed by atoms with Gasteiger partial charge in [0.05, 0.1) is 11.7 Å². The normalized spacial score (nSPS) is 10.7. The highest BCUT2D eigenvalue weighted by molar-refractivity contribution is 7.00. The fourth-order valence-electron chi connectivity index (χ4n) is 2.21. The van der Waals surface area contributed by atoms with E-state index in [9.17, 15) is 19.7 Å². The van der Waals surface area contributed by atoms with Gasteiger partial charge in [0, 0.05) is 25.5 Å². The van der Waals surface area contributed by atoms with Crippen LogP contribution in [0.25, 0.3) is 11.0 Å². The predicted octanol–water partition coefficient (Wildman–Crippen LogP) is 0.956. The molecule has 0 saturated carbocycles. The molecule has 2 N–H and O–H groups in total. The average molecular weight is 375 g/mol. The van der Waals surface area contributed by atoms with E-state index < -0.39 is 16.7 Å². The van der Waals surface area contributed by atoms with Crippen LogP contribution in [0.2, 0.25) is 0 Å². The number of rotatable bonds is 5. The van der Waals surface area contributed by atoms with Crippen molar-refractivity contribution in [1.82, 2.24) is 29.1 Å². The third kappa shape index (κ3) is 3.80. The van der Waals surface area contributed by atoms with Gasteiger partial charge in [-0.05, 0) is 28.1 Å². The molecule has 2 aromatic heterocycles. The molecule has 0 aliphatic rings. The van der Waals surface area contributed by atoms with Crippen molar-refractivity contribution in [2.75, 3.05) is 0 Å². The van der Waals surface area contributed by atoms with Gasteiger partial charge < -0.3 is 14.7 Å². The van der Waals surface area contributed by atoms with Gasteiger partial charge in [-0.1, -0.05) is 0 Å². The van der Waals surface area contributed by atoms with E-state index in [1.54, 1.807) is 25.1 Å². The summed E-state index contributed by atoms with van der Waals surface area (Å²) < 4.78 is 9.60. The highest BCUT2D eigenvalue weighted by Gasteiger charge is 2.16. The Hall–Kier alpha value is -3.41. The molecule has 3 rings (SSSR count). The quantitative estimate of drug-likeness (QED) is 0.499. The van der Waals surface area contributed by atoms with Crippen molar-refractivity contribution in [3.05, 3.63) is 45.9 Å². The molecule has 0 radical (unpaired) electrons. The summed E-state index contributed by atoms with van der Waals surface area (Å²) in [5.41, 5.74) is 6.25. The summed E-state index contributed by atoms with van der Waals surface area (Å²) in [6.45, 7) is 1.81. The van der Waals surface area contributed by atoms with Crippen LogP contribution in [-0.4, -0.2) is 35.0 Å². The van der Waals surface area contributed by atoms with Crippen LogP contribution in [0, 0.1) is 17.0 Å². The minimum absolute atomic E-state index is 0.0175. The van der Waals surface area contributed by atoms with Gasteiger partial charge in [0.25, 0.3) is 5.91 Å². The highest BCUT2D eigenvalue weighted by atomic mass is 32.1. The minimum atomic E-state index is -0.599. The molecule has 134 valence electrons. The molecule has 0 unspecified atom stereocenters. The number of fused-ring (bicyclic) bond motifs is 1. The standard InChI is InChI=1S/C14H13N7O4S/c1-8-15-12(21(24)25)7-20(8)5-4-13(22)16-17-14(23)9-2-3-10-11(6-9)19-26-18-10/h2-3,6-7H,4-5H2,1H3,(H,16,22)(H,17,23). The number of aryl methyl sites for hydroxylation is 2. The zero-order chi connectivity index (χ0) is 18.7. The molecule has 0 fully saturated rings. The first-order chi connectivity index (χ1) is 12.4. The molecule has 0 spiro atoms. The molecule has 0 saturated heterocycles.